The highest BCUT2D eigenvalue weighted by atomic mass is 35.5. The molecule has 3 atom stereocenters. The lowest BCUT2D eigenvalue weighted by Gasteiger charge is -2.29. The predicted octanol–water partition coefficient (Wildman–Crippen LogP) is 3.66. The number of hydrogen-bond donors (Lipinski definition) is 5. The summed E-state index contributed by atoms with van der Waals surface area (Å²) >= 11 is 6.02. The molecule has 2 aliphatic carbocycles. The van der Waals surface area contributed by atoms with Crippen LogP contribution in [0.2, 0.25) is 5.28 Å². The molecule has 0 bridgehead atoms. The Hall–Kier alpha value is -2.27. The van der Waals surface area contributed by atoms with Crippen molar-refractivity contribution in [2.45, 2.75) is 69.5 Å². The number of nitrogens with one attached hydrogen (secondary N) is 2. The molecule has 1 aromatic carbocycles. The van der Waals surface area contributed by atoms with Crippen LogP contribution in [-0.4, -0.2) is 44.2 Å². The van der Waals surface area contributed by atoms with Crippen molar-refractivity contribution in [3.63, 3.8) is 0 Å². The lowest BCUT2D eigenvalue weighted by atomic mass is 10.1. The lowest BCUT2D eigenvalue weighted by Crippen LogP contribution is -2.38. The molecular weight excluding hydrogens is 444 g/mol. The fourth-order valence-electron chi connectivity index (χ4n) is 4.02. The molecule has 174 valence electrons. The number of nitrogens with zero attached hydrogens (tertiary/aromatic N) is 2. The molecule has 3 unspecified atom stereocenters. The minimum Gasteiger partial charge on any atom is -0.393 e. The molecule has 1 aromatic heterocycles. The Kier molecular flexibility index (Phi) is 6.15. The zero-order valence-corrected chi connectivity index (χ0v) is 18.5. The van der Waals surface area contributed by atoms with Crippen LogP contribution >= 0.6 is 11.6 Å². The maximum atomic E-state index is 14.0. The second kappa shape index (κ2) is 8.58. The number of halogens is 3. The van der Waals surface area contributed by atoms with Crippen LogP contribution in [0.15, 0.2) is 12.1 Å². The molecule has 0 spiro atoms. The minimum atomic E-state index is -1.40. The maximum absolute atomic E-state index is 14.0. The van der Waals surface area contributed by atoms with Crippen LogP contribution in [0.3, 0.4) is 0 Å². The number of aliphatic hydroxyl groups is 2. The number of nitrogen functional groups attached to an aromatic ring is 1. The number of anilines is 4. The van der Waals surface area contributed by atoms with Crippen LogP contribution in [0.25, 0.3) is 0 Å². The van der Waals surface area contributed by atoms with E-state index in [4.69, 9.17) is 22.1 Å². The fourth-order valence-corrected chi connectivity index (χ4v) is 4.19. The zero-order valence-electron chi connectivity index (χ0n) is 17.7. The van der Waals surface area contributed by atoms with Gasteiger partial charge in [-0.3, -0.25) is 0 Å². The molecule has 0 radical (unpaired) electrons. The standard InChI is InChI=1S/C21H26ClF2N5O3/c1-21(2,31)32-16-6-10(30)5-15(16)27-19-17(18(25)28-20(22)29-19)26-14-8-13(24)12(23)7-11(14)9-3-4-9/h7-10,15-16,26,30-31H,3-6H2,1-2H3,(H3,25,27,28,29). The first-order valence-electron chi connectivity index (χ1n) is 10.4. The third kappa shape index (κ3) is 5.20. The van der Waals surface area contributed by atoms with Gasteiger partial charge in [-0.2, -0.15) is 9.97 Å². The van der Waals surface area contributed by atoms with E-state index in [0.717, 1.165) is 18.9 Å². The highest BCUT2D eigenvalue weighted by Gasteiger charge is 2.38. The summed E-state index contributed by atoms with van der Waals surface area (Å²) in [5.41, 5.74) is 7.34. The van der Waals surface area contributed by atoms with E-state index in [-0.39, 0.29) is 28.5 Å². The van der Waals surface area contributed by atoms with Gasteiger partial charge >= 0.3 is 0 Å². The van der Waals surface area contributed by atoms with Gasteiger partial charge in [-0.15, -0.1) is 0 Å². The van der Waals surface area contributed by atoms with Crippen molar-refractivity contribution in [3.05, 3.63) is 34.6 Å². The minimum absolute atomic E-state index is 0.0116. The van der Waals surface area contributed by atoms with E-state index >= 15 is 0 Å². The number of ether oxygens (including phenoxy) is 1. The summed E-state index contributed by atoms with van der Waals surface area (Å²) in [6, 6.07) is 1.85. The summed E-state index contributed by atoms with van der Waals surface area (Å²) in [4.78, 5) is 8.18. The van der Waals surface area contributed by atoms with Gasteiger partial charge in [-0.1, -0.05) is 0 Å². The summed E-state index contributed by atoms with van der Waals surface area (Å²) in [6.07, 6.45) is 1.26. The summed E-state index contributed by atoms with van der Waals surface area (Å²) in [5.74, 6) is -2.94. The lowest BCUT2D eigenvalue weighted by molar-refractivity contribution is -0.206. The smallest absolute Gasteiger partial charge is 0.226 e. The van der Waals surface area contributed by atoms with Gasteiger partial charge in [0.15, 0.2) is 29.1 Å². The number of rotatable bonds is 7. The second-order valence-electron chi connectivity index (χ2n) is 8.83. The number of hydrogen-bond acceptors (Lipinski definition) is 8. The number of aliphatic hydroxyl groups excluding tert-OH is 1. The van der Waals surface area contributed by atoms with Crippen molar-refractivity contribution in [1.82, 2.24) is 9.97 Å². The Bertz CT molecular complexity index is 1020. The van der Waals surface area contributed by atoms with E-state index in [1.54, 1.807) is 0 Å². The van der Waals surface area contributed by atoms with Crippen molar-refractivity contribution in [2.75, 3.05) is 16.4 Å². The van der Waals surface area contributed by atoms with Crippen LogP contribution in [-0.2, 0) is 4.74 Å². The Balaban J connectivity index is 1.66. The van der Waals surface area contributed by atoms with Crippen LogP contribution in [0.4, 0.5) is 31.8 Å². The molecule has 0 saturated heterocycles. The van der Waals surface area contributed by atoms with E-state index in [1.165, 1.54) is 19.9 Å². The van der Waals surface area contributed by atoms with E-state index in [0.29, 0.717) is 24.1 Å². The summed E-state index contributed by atoms with van der Waals surface area (Å²) < 4.78 is 33.5. The van der Waals surface area contributed by atoms with Crippen molar-refractivity contribution in [1.29, 1.82) is 0 Å². The molecule has 1 heterocycles. The maximum Gasteiger partial charge on any atom is 0.226 e. The zero-order chi connectivity index (χ0) is 23.2. The molecule has 2 fully saturated rings. The average Bonchev–Trinajstić information content (AvgIpc) is 3.44. The van der Waals surface area contributed by atoms with Crippen LogP contribution < -0.4 is 16.4 Å². The molecule has 2 aliphatic rings. The first-order valence-corrected chi connectivity index (χ1v) is 10.8. The summed E-state index contributed by atoms with van der Waals surface area (Å²) in [6.45, 7) is 3.01. The molecular formula is C21H26ClF2N5O3. The second-order valence-corrected chi connectivity index (χ2v) is 9.17. The molecule has 2 saturated carbocycles. The van der Waals surface area contributed by atoms with Crippen LogP contribution in [0.1, 0.15) is 51.0 Å². The molecule has 4 rings (SSSR count). The van der Waals surface area contributed by atoms with E-state index < -0.39 is 35.7 Å². The number of nitrogens with two attached hydrogens (primary N) is 1. The van der Waals surface area contributed by atoms with Crippen LogP contribution in [0, 0.1) is 11.6 Å². The molecule has 8 nitrogen and oxygen atoms in total. The van der Waals surface area contributed by atoms with Crippen LogP contribution in [0.5, 0.6) is 0 Å². The molecule has 32 heavy (non-hydrogen) atoms. The van der Waals surface area contributed by atoms with Crippen molar-refractivity contribution < 1.29 is 23.7 Å². The monoisotopic (exact) mass is 469 g/mol. The van der Waals surface area contributed by atoms with Crippen molar-refractivity contribution in [2.24, 2.45) is 0 Å². The van der Waals surface area contributed by atoms with Gasteiger partial charge in [0.05, 0.1) is 18.2 Å². The van der Waals surface area contributed by atoms with E-state index in [2.05, 4.69) is 20.6 Å². The number of benzene rings is 1. The summed E-state index contributed by atoms with van der Waals surface area (Å²) in [5, 5.41) is 26.3. The molecule has 0 amide bonds. The molecule has 6 N–H and O–H groups in total. The predicted molar refractivity (Wildman–Crippen MR) is 117 cm³/mol. The third-order valence-electron chi connectivity index (χ3n) is 5.52. The molecule has 2 aromatic rings. The Morgan fingerprint density at radius 3 is 2.53 bits per heavy atom. The first kappa shape index (κ1) is 22.9. The summed E-state index contributed by atoms with van der Waals surface area (Å²) in [7, 11) is 0. The van der Waals surface area contributed by atoms with Gasteiger partial charge in [-0.05, 0) is 62.3 Å². The van der Waals surface area contributed by atoms with Gasteiger partial charge in [0.2, 0.25) is 5.28 Å². The van der Waals surface area contributed by atoms with Gasteiger partial charge in [-0.25, -0.2) is 8.78 Å². The first-order chi connectivity index (χ1) is 15.0. The van der Waals surface area contributed by atoms with Gasteiger partial charge in [0.25, 0.3) is 0 Å². The normalized spacial score (nSPS) is 23.4. The Morgan fingerprint density at radius 2 is 1.88 bits per heavy atom. The SMILES string of the molecule is CC(C)(O)OC1CC(O)CC1Nc1nc(Cl)nc(N)c1Nc1cc(F)c(F)cc1C1CC1. The Morgan fingerprint density at radius 1 is 1.19 bits per heavy atom. The molecule has 11 heteroatoms. The third-order valence-corrected chi connectivity index (χ3v) is 5.69. The highest BCUT2D eigenvalue weighted by molar-refractivity contribution is 6.28. The topological polar surface area (TPSA) is 126 Å². The van der Waals surface area contributed by atoms with Gasteiger partial charge in [0.1, 0.15) is 5.69 Å². The highest BCUT2D eigenvalue weighted by Crippen LogP contribution is 2.45. The largest absolute Gasteiger partial charge is 0.393 e. The van der Waals surface area contributed by atoms with E-state index in [9.17, 15) is 19.0 Å². The average molecular weight is 470 g/mol. The van der Waals surface area contributed by atoms with Gasteiger partial charge in [0, 0.05) is 18.2 Å². The fraction of sp³-hybridized carbons (Fsp3) is 0.524. The van der Waals surface area contributed by atoms with E-state index in [1.807, 2.05) is 0 Å². The Labute approximate surface area is 189 Å². The molecule has 0 aliphatic heterocycles. The van der Waals surface area contributed by atoms with Gasteiger partial charge < -0.3 is 31.3 Å². The van der Waals surface area contributed by atoms with Crippen molar-refractivity contribution in [3.8, 4) is 0 Å². The van der Waals surface area contributed by atoms with Crippen molar-refractivity contribution >= 4 is 34.6 Å². The number of aromatic nitrogens is 2. The quantitative estimate of drug-likeness (QED) is 0.307.